The highest BCUT2D eigenvalue weighted by Gasteiger charge is 2.15. The number of hydrogen-bond acceptors (Lipinski definition) is 3. The molecule has 1 N–H and O–H groups in total. The van der Waals surface area contributed by atoms with Gasteiger partial charge in [0.2, 0.25) is 0 Å². The van der Waals surface area contributed by atoms with Crippen LogP contribution in [0, 0.1) is 0 Å². The number of aromatic nitrogens is 2. The summed E-state index contributed by atoms with van der Waals surface area (Å²) >= 11 is 6.01. The largest absolute Gasteiger partial charge is 0.308 e. The number of nitrogens with zero attached hydrogens (tertiary/aromatic N) is 2. The van der Waals surface area contributed by atoms with Gasteiger partial charge >= 0.3 is 0 Å². The molecule has 4 nitrogen and oxygen atoms in total. The Labute approximate surface area is 130 Å². The number of hydrogen-bond donors (Lipinski definition) is 1. The van der Waals surface area contributed by atoms with Crippen molar-refractivity contribution in [2.24, 2.45) is 0 Å². The molecule has 0 unspecified atom stereocenters. The summed E-state index contributed by atoms with van der Waals surface area (Å²) in [7, 11) is 0. The van der Waals surface area contributed by atoms with Crippen molar-refractivity contribution in [2.75, 3.05) is 6.54 Å². The molecule has 2 aromatic rings. The van der Waals surface area contributed by atoms with Crippen molar-refractivity contribution in [3.05, 3.63) is 39.4 Å². The zero-order valence-electron chi connectivity index (χ0n) is 12.8. The molecule has 114 valence electrons. The van der Waals surface area contributed by atoms with Crippen molar-refractivity contribution in [3.8, 4) is 0 Å². The minimum Gasteiger partial charge on any atom is -0.308 e. The smallest absolute Gasteiger partial charge is 0.261 e. The van der Waals surface area contributed by atoms with Gasteiger partial charge in [-0.25, -0.2) is 4.98 Å². The zero-order valence-corrected chi connectivity index (χ0v) is 13.6. The molecular formula is C16H22ClN3O. The molecule has 0 saturated carbocycles. The molecule has 0 spiro atoms. The van der Waals surface area contributed by atoms with Gasteiger partial charge in [0.25, 0.3) is 5.56 Å². The lowest BCUT2D eigenvalue weighted by atomic mass is 10.2. The van der Waals surface area contributed by atoms with E-state index < -0.39 is 0 Å². The average molecular weight is 308 g/mol. The number of benzene rings is 1. The molecule has 1 aromatic carbocycles. The summed E-state index contributed by atoms with van der Waals surface area (Å²) in [5.74, 6) is 0.772. The van der Waals surface area contributed by atoms with Gasteiger partial charge < -0.3 is 5.32 Å². The first-order chi connectivity index (χ1) is 10.1. The van der Waals surface area contributed by atoms with E-state index in [-0.39, 0.29) is 11.6 Å². The standard InChI is InChI=1S/C16H22ClN3O/c1-4-6-9-18-11(3)15-19-14-10-12(17)7-8-13(14)16(21)20(15)5-2/h7-8,10-11,18H,4-6,9H2,1-3H3/t11-/m1/s1. The maximum Gasteiger partial charge on any atom is 0.261 e. The van der Waals surface area contributed by atoms with Gasteiger partial charge in [-0.15, -0.1) is 0 Å². The monoisotopic (exact) mass is 307 g/mol. The average Bonchev–Trinajstić information content (AvgIpc) is 2.46. The summed E-state index contributed by atoms with van der Waals surface area (Å²) in [6, 6.07) is 5.27. The quantitative estimate of drug-likeness (QED) is 0.831. The Bertz CT molecular complexity index is 681. The van der Waals surface area contributed by atoms with E-state index in [2.05, 4.69) is 17.2 Å². The maximum absolute atomic E-state index is 12.6. The highest BCUT2D eigenvalue weighted by atomic mass is 35.5. The Morgan fingerprint density at radius 3 is 2.81 bits per heavy atom. The van der Waals surface area contributed by atoms with Crippen molar-refractivity contribution in [1.82, 2.24) is 14.9 Å². The Morgan fingerprint density at radius 2 is 2.14 bits per heavy atom. The second-order valence-corrected chi connectivity index (χ2v) is 5.65. The molecule has 0 aliphatic carbocycles. The van der Waals surface area contributed by atoms with Crippen molar-refractivity contribution < 1.29 is 0 Å². The fourth-order valence-electron chi connectivity index (χ4n) is 2.43. The van der Waals surface area contributed by atoms with Gasteiger partial charge in [-0.3, -0.25) is 9.36 Å². The molecule has 21 heavy (non-hydrogen) atoms. The fraction of sp³-hybridized carbons (Fsp3) is 0.500. The van der Waals surface area contributed by atoms with Crippen LogP contribution in [0.25, 0.3) is 10.9 Å². The second kappa shape index (κ2) is 7.05. The molecule has 0 aliphatic rings. The maximum atomic E-state index is 12.6. The lowest BCUT2D eigenvalue weighted by Gasteiger charge is -2.18. The third-order valence-corrected chi connectivity index (χ3v) is 3.87. The molecule has 0 radical (unpaired) electrons. The van der Waals surface area contributed by atoms with E-state index in [4.69, 9.17) is 11.6 Å². The predicted molar refractivity (Wildman–Crippen MR) is 88.0 cm³/mol. The highest BCUT2D eigenvalue weighted by molar-refractivity contribution is 6.31. The molecule has 0 bridgehead atoms. The van der Waals surface area contributed by atoms with Gasteiger partial charge in [0.05, 0.1) is 16.9 Å². The molecular weight excluding hydrogens is 286 g/mol. The van der Waals surface area contributed by atoms with E-state index in [1.807, 2.05) is 13.8 Å². The van der Waals surface area contributed by atoms with E-state index in [1.54, 1.807) is 22.8 Å². The first-order valence-electron chi connectivity index (χ1n) is 7.51. The highest BCUT2D eigenvalue weighted by Crippen LogP contribution is 2.18. The minimum absolute atomic E-state index is 0.00157. The fourth-order valence-corrected chi connectivity index (χ4v) is 2.60. The SMILES string of the molecule is CCCCN[C@H](C)c1nc2cc(Cl)ccc2c(=O)n1CC. The first kappa shape index (κ1) is 16.0. The van der Waals surface area contributed by atoms with Gasteiger partial charge in [0.15, 0.2) is 0 Å². The van der Waals surface area contributed by atoms with Gasteiger partial charge in [0.1, 0.15) is 5.82 Å². The third-order valence-electron chi connectivity index (χ3n) is 3.63. The van der Waals surface area contributed by atoms with Crippen LogP contribution in [0.4, 0.5) is 0 Å². The Hall–Kier alpha value is -1.39. The van der Waals surface area contributed by atoms with Crippen LogP contribution in [0.3, 0.4) is 0 Å². The van der Waals surface area contributed by atoms with Crippen LogP contribution in [0.15, 0.2) is 23.0 Å². The normalized spacial score (nSPS) is 12.8. The summed E-state index contributed by atoms with van der Waals surface area (Å²) in [5, 5.41) is 4.64. The van der Waals surface area contributed by atoms with E-state index in [0.29, 0.717) is 22.5 Å². The van der Waals surface area contributed by atoms with Crippen molar-refractivity contribution in [1.29, 1.82) is 0 Å². The molecule has 1 heterocycles. The van der Waals surface area contributed by atoms with E-state index in [0.717, 1.165) is 25.2 Å². The topological polar surface area (TPSA) is 46.9 Å². The van der Waals surface area contributed by atoms with E-state index in [1.165, 1.54) is 0 Å². The van der Waals surface area contributed by atoms with Crippen LogP contribution < -0.4 is 10.9 Å². The van der Waals surface area contributed by atoms with Crippen molar-refractivity contribution in [3.63, 3.8) is 0 Å². The van der Waals surface area contributed by atoms with Gasteiger partial charge in [-0.1, -0.05) is 24.9 Å². The molecule has 1 aromatic heterocycles. The van der Waals surface area contributed by atoms with Crippen LogP contribution >= 0.6 is 11.6 Å². The molecule has 0 aliphatic heterocycles. The molecule has 0 saturated heterocycles. The Kier molecular flexibility index (Phi) is 5.37. The lowest BCUT2D eigenvalue weighted by molar-refractivity contribution is 0.497. The van der Waals surface area contributed by atoms with Gasteiger partial charge in [-0.05, 0) is 45.0 Å². The van der Waals surface area contributed by atoms with Gasteiger partial charge in [0, 0.05) is 11.6 Å². The van der Waals surface area contributed by atoms with Crippen LogP contribution in [0.1, 0.15) is 45.5 Å². The van der Waals surface area contributed by atoms with E-state index >= 15 is 0 Å². The summed E-state index contributed by atoms with van der Waals surface area (Å²) in [4.78, 5) is 17.2. The second-order valence-electron chi connectivity index (χ2n) is 5.21. The summed E-state index contributed by atoms with van der Waals surface area (Å²) in [5.41, 5.74) is 0.662. The number of halogens is 1. The number of fused-ring (bicyclic) bond motifs is 1. The number of rotatable bonds is 6. The van der Waals surface area contributed by atoms with E-state index in [9.17, 15) is 4.79 Å². The summed E-state index contributed by atoms with van der Waals surface area (Å²) in [6.07, 6.45) is 2.25. The molecule has 0 amide bonds. The first-order valence-corrected chi connectivity index (χ1v) is 7.89. The Balaban J connectivity index is 2.48. The summed E-state index contributed by atoms with van der Waals surface area (Å²) < 4.78 is 1.74. The lowest BCUT2D eigenvalue weighted by Crippen LogP contribution is -2.31. The number of unbranched alkanes of at least 4 members (excludes halogenated alkanes) is 1. The Morgan fingerprint density at radius 1 is 1.38 bits per heavy atom. The van der Waals surface area contributed by atoms with Crippen LogP contribution in [-0.4, -0.2) is 16.1 Å². The number of nitrogens with one attached hydrogen (secondary N) is 1. The van der Waals surface area contributed by atoms with Crippen molar-refractivity contribution >= 4 is 22.5 Å². The molecule has 1 atom stereocenters. The van der Waals surface area contributed by atoms with Gasteiger partial charge in [-0.2, -0.15) is 0 Å². The molecule has 2 rings (SSSR count). The minimum atomic E-state index is -0.00157. The van der Waals surface area contributed by atoms with Crippen LogP contribution in [0.5, 0.6) is 0 Å². The zero-order chi connectivity index (χ0) is 15.4. The van der Waals surface area contributed by atoms with Crippen LogP contribution in [-0.2, 0) is 6.54 Å². The predicted octanol–water partition coefficient (Wildman–Crippen LogP) is 3.52. The molecule has 0 fully saturated rings. The van der Waals surface area contributed by atoms with Crippen molar-refractivity contribution in [2.45, 2.75) is 46.2 Å². The third kappa shape index (κ3) is 3.44. The van der Waals surface area contributed by atoms with Crippen LogP contribution in [0.2, 0.25) is 5.02 Å². The molecule has 5 heteroatoms. The summed E-state index contributed by atoms with van der Waals surface area (Å²) in [6.45, 7) is 7.70.